The molecule has 2 aromatic carbocycles. The van der Waals surface area contributed by atoms with E-state index >= 15 is 0 Å². The molecule has 0 spiro atoms. The first-order valence-corrected chi connectivity index (χ1v) is 11.7. The molecule has 0 atom stereocenters. The molecule has 1 saturated carbocycles. The predicted octanol–water partition coefficient (Wildman–Crippen LogP) is 5.16. The molecule has 2 aromatic rings. The Labute approximate surface area is 165 Å². The number of benzene rings is 2. The van der Waals surface area contributed by atoms with Crippen LogP contribution in [0.4, 0.5) is 5.69 Å². The third-order valence-corrected chi connectivity index (χ3v) is 8.00. The molecule has 4 nitrogen and oxygen atoms in total. The molecular weight excluding hydrogens is 378 g/mol. The number of nitrogens with one attached hydrogen (secondary N) is 1. The summed E-state index contributed by atoms with van der Waals surface area (Å²) >= 11 is 1.63. The number of anilines is 1. The van der Waals surface area contributed by atoms with Gasteiger partial charge in [0.2, 0.25) is 0 Å². The second-order valence-corrected chi connectivity index (χ2v) is 10.9. The van der Waals surface area contributed by atoms with E-state index in [1.54, 1.807) is 42.1 Å². The van der Waals surface area contributed by atoms with Gasteiger partial charge in [-0.3, -0.25) is 4.79 Å². The minimum absolute atomic E-state index is 0.228. The van der Waals surface area contributed by atoms with Crippen molar-refractivity contribution in [2.45, 2.75) is 59.8 Å². The summed E-state index contributed by atoms with van der Waals surface area (Å²) in [6.07, 6.45) is 3.37. The molecule has 0 aromatic heterocycles. The number of sulfone groups is 1. The minimum atomic E-state index is -3.34. The smallest absolute Gasteiger partial charge is 0.256 e. The Balaban J connectivity index is 1.82. The maximum atomic E-state index is 12.8. The van der Waals surface area contributed by atoms with Crippen LogP contribution in [0.3, 0.4) is 0 Å². The Morgan fingerprint density at radius 3 is 2.48 bits per heavy atom. The first-order valence-electron chi connectivity index (χ1n) is 9.29. The monoisotopic (exact) mass is 403 g/mol. The Morgan fingerprint density at radius 2 is 1.78 bits per heavy atom. The van der Waals surface area contributed by atoms with Gasteiger partial charge >= 0.3 is 0 Å². The van der Waals surface area contributed by atoms with Crippen molar-refractivity contribution < 1.29 is 13.2 Å². The Kier molecular flexibility index (Phi) is 6.27. The van der Waals surface area contributed by atoms with Crippen molar-refractivity contribution in [3.05, 3.63) is 54.1 Å². The molecule has 1 fully saturated rings. The lowest BCUT2D eigenvalue weighted by Crippen LogP contribution is -2.18. The van der Waals surface area contributed by atoms with Crippen LogP contribution in [0.2, 0.25) is 0 Å². The molecule has 27 heavy (non-hydrogen) atoms. The summed E-state index contributed by atoms with van der Waals surface area (Å²) in [5.41, 5.74) is 1.10. The number of hydrogen-bond acceptors (Lipinski definition) is 4. The maximum absolute atomic E-state index is 12.8. The van der Waals surface area contributed by atoms with Gasteiger partial charge in [0.15, 0.2) is 9.84 Å². The van der Waals surface area contributed by atoms with Crippen LogP contribution in [0.15, 0.2) is 58.3 Å². The van der Waals surface area contributed by atoms with E-state index in [-0.39, 0.29) is 16.1 Å². The van der Waals surface area contributed by atoms with Gasteiger partial charge in [0.1, 0.15) is 0 Å². The second kappa shape index (κ2) is 8.48. The third-order valence-electron chi connectivity index (χ3n) is 4.66. The molecule has 1 N–H and O–H groups in total. The topological polar surface area (TPSA) is 63.2 Å². The van der Waals surface area contributed by atoms with E-state index in [0.717, 1.165) is 30.6 Å². The van der Waals surface area contributed by atoms with E-state index in [9.17, 15) is 13.2 Å². The minimum Gasteiger partial charge on any atom is -0.322 e. The van der Waals surface area contributed by atoms with Crippen LogP contribution < -0.4 is 5.32 Å². The molecule has 1 amide bonds. The van der Waals surface area contributed by atoms with Gasteiger partial charge in [-0.05, 0) is 43.2 Å². The third kappa shape index (κ3) is 4.74. The van der Waals surface area contributed by atoms with Crippen LogP contribution in [0.5, 0.6) is 0 Å². The van der Waals surface area contributed by atoms with Crippen molar-refractivity contribution in [2.75, 3.05) is 5.32 Å². The van der Waals surface area contributed by atoms with E-state index in [0.29, 0.717) is 16.5 Å². The summed E-state index contributed by atoms with van der Waals surface area (Å²) in [5.74, 6) is -0.228. The first-order chi connectivity index (χ1) is 12.9. The Morgan fingerprint density at radius 1 is 1.07 bits per heavy atom. The predicted molar refractivity (Wildman–Crippen MR) is 111 cm³/mol. The average molecular weight is 404 g/mol. The standard InChI is InChI=1S/C21H25NO3S2/c1-15(2)26-20-13-6-5-12-19(20)21(23)22-16-8-7-11-18(14-16)27(24,25)17-9-3-4-10-17/h5-8,11-15,17H,3-4,9-10H2,1-2H3,(H,22,23). The fourth-order valence-corrected chi connectivity index (χ4v) is 6.20. The molecule has 0 aliphatic heterocycles. The van der Waals surface area contributed by atoms with Gasteiger partial charge < -0.3 is 5.32 Å². The summed E-state index contributed by atoms with van der Waals surface area (Å²) in [4.78, 5) is 14.0. The van der Waals surface area contributed by atoms with Gasteiger partial charge in [-0.1, -0.05) is 44.9 Å². The van der Waals surface area contributed by atoms with E-state index in [1.165, 1.54) is 0 Å². The SMILES string of the molecule is CC(C)Sc1ccccc1C(=O)Nc1cccc(S(=O)(=O)C2CCCC2)c1. The quantitative estimate of drug-likeness (QED) is 0.677. The second-order valence-electron chi connectivity index (χ2n) is 7.10. The summed E-state index contributed by atoms with van der Waals surface area (Å²) in [5, 5.41) is 2.92. The molecule has 3 rings (SSSR count). The van der Waals surface area contributed by atoms with Gasteiger partial charge in [-0.15, -0.1) is 11.8 Å². The zero-order valence-electron chi connectivity index (χ0n) is 15.6. The van der Waals surface area contributed by atoms with Gasteiger partial charge in [0.05, 0.1) is 15.7 Å². The molecule has 0 bridgehead atoms. The van der Waals surface area contributed by atoms with Gasteiger partial charge in [-0.2, -0.15) is 0 Å². The molecule has 6 heteroatoms. The molecule has 1 aliphatic carbocycles. The number of carbonyl (C=O) groups is 1. The summed E-state index contributed by atoms with van der Waals surface area (Å²) < 4.78 is 25.6. The van der Waals surface area contributed by atoms with Crippen molar-refractivity contribution >= 4 is 33.2 Å². The van der Waals surface area contributed by atoms with Crippen molar-refractivity contribution in [3.8, 4) is 0 Å². The van der Waals surface area contributed by atoms with Crippen LogP contribution in [-0.4, -0.2) is 24.8 Å². The summed E-state index contributed by atoms with van der Waals surface area (Å²) in [6, 6.07) is 14.1. The van der Waals surface area contributed by atoms with E-state index in [1.807, 2.05) is 18.2 Å². The zero-order valence-corrected chi connectivity index (χ0v) is 17.3. The molecule has 1 aliphatic rings. The fourth-order valence-electron chi connectivity index (χ4n) is 3.35. The summed E-state index contributed by atoms with van der Waals surface area (Å²) in [6.45, 7) is 4.16. The highest BCUT2D eigenvalue weighted by Crippen LogP contribution is 2.31. The molecule has 0 heterocycles. The van der Waals surface area contributed by atoms with Crippen LogP contribution in [0.1, 0.15) is 49.9 Å². The molecule has 0 saturated heterocycles. The number of thioether (sulfide) groups is 1. The normalized spacial score (nSPS) is 15.2. The lowest BCUT2D eigenvalue weighted by Gasteiger charge is -2.14. The van der Waals surface area contributed by atoms with Crippen LogP contribution in [0.25, 0.3) is 0 Å². The van der Waals surface area contributed by atoms with E-state index in [2.05, 4.69) is 19.2 Å². The molecule has 0 unspecified atom stereocenters. The number of rotatable bonds is 6. The van der Waals surface area contributed by atoms with Crippen molar-refractivity contribution in [3.63, 3.8) is 0 Å². The number of carbonyl (C=O) groups excluding carboxylic acids is 1. The number of hydrogen-bond donors (Lipinski definition) is 1. The highest BCUT2D eigenvalue weighted by molar-refractivity contribution is 8.00. The zero-order chi connectivity index (χ0) is 19.4. The van der Waals surface area contributed by atoms with Crippen LogP contribution >= 0.6 is 11.8 Å². The van der Waals surface area contributed by atoms with Gasteiger partial charge in [0.25, 0.3) is 5.91 Å². The lowest BCUT2D eigenvalue weighted by atomic mass is 10.2. The average Bonchev–Trinajstić information content (AvgIpc) is 3.17. The first kappa shape index (κ1) is 20.0. The van der Waals surface area contributed by atoms with Gasteiger partial charge in [-0.25, -0.2) is 8.42 Å². The highest BCUT2D eigenvalue weighted by Gasteiger charge is 2.30. The number of amides is 1. The van der Waals surface area contributed by atoms with Crippen LogP contribution in [-0.2, 0) is 9.84 Å². The Bertz CT molecular complexity index is 917. The summed E-state index contributed by atoms with van der Waals surface area (Å²) in [7, 11) is -3.34. The van der Waals surface area contributed by atoms with Crippen LogP contribution in [0, 0.1) is 0 Å². The molecule has 144 valence electrons. The molecular formula is C21H25NO3S2. The van der Waals surface area contributed by atoms with Gasteiger partial charge in [0, 0.05) is 15.8 Å². The lowest BCUT2D eigenvalue weighted by molar-refractivity contribution is 0.102. The van der Waals surface area contributed by atoms with E-state index < -0.39 is 9.84 Å². The largest absolute Gasteiger partial charge is 0.322 e. The highest BCUT2D eigenvalue weighted by atomic mass is 32.2. The maximum Gasteiger partial charge on any atom is 0.256 e. The van der Waals surface area contributed by atoms with Crippen molar-refractivity contribution in [1.29, 1.82) is 0 Å². The van der Waals surface area contributed by atoms with E-state index in [4.69, 9.17) is 0 Å². The Hall–Kier alpha value is -1.79. The fraction of sp³-hybridized carbons (Fsp3) is 0.381. The van der Waals surface area contributed by atoms with Crippen molar-refractivity contribution in [1.82, 2.24) is 0 Å². The van der Waals surface area contributed by atoms with Crippen molar-refractivity contribution in [2.24, 2.45) is 0 Å². The molecule has 0 radical (unpaired) electrons.